The fourth-order valence-electron chi connectivity index (χ4n) is 3.23. The SMILES string of the molecule is COC(=O)c1scc(NC(=O)Nc2cc(OCc3c(OC)ccc(F)c3F)c(SC)cc2F)c1C(=O)OC. The van der Waals surface area contributed by atoms with E-state index >= 15 is 0 Å². The topological polar surface area (TPSA) is 112 Å². The van der Waals surface area contributed by atoms with E-state index in [0.717, 1.165) is 49.5 Å². The monoisotopic (exact) mass is 570 g/mol. The molecule has 3 rings (SSSR count). The zero-order valence-electron chi connectivity index (χ0n) is 20.4. The molecule has 38 heavy (non-hydrogen) atoms. The summed E-state index contributed by atoms with van der Waals surface area (Å²) < 4.78 is 62.8. The number of ether oxygens (including phenoxy) is 4. The highest BCUT2D eigenvalue weighted by atomic mass is 32.2. The standard InChI is InChI=1S/C24H21F3N2O7S2/c1-33-16-6-5-12(25)20(27)11(16)9-36-17-8-14(13(26)7-18(17)37-4)28-24(32)29-15-10-38-21(23(31)35-3)19(15)22(30)34-2/h5-8,10H,9H2,1-4H3,(H2,28,29,32). The third-order valence-electron chi connectivity index (χ3n) is 5.05. The molecule has 0 bridgehead atoms. The minimum atomic E-state index is -1.15. The van der Waals surface area contributed by atoms with Gasteiger partial charge in [-0.3, -0.25) is 0 Å². The molecule has 0 aliphatic heterocycles. The van der Waals surface area contributed by atoms with E-state index in [1.54, 1.807) is 6.26 Å². The minimum absolute atomic E-state index is 0.0536. The van der Waals surface area contributed by atoms with Crippen molar-refractivity contribution < 1.29 is 46.5 Å². The number of carbonyl (C=O) groups excluding carboxylic acids is 3. The van der Waals surface area contributed by atoms with Crippen molar-refractivity contribution in [3.05, 3.63) is 63.1 Å². The van der Waals surface area contributed by atoms with Gasteiger partial charge in [0, 0.05) is 11.4 Å². The van der Waals surface area contributed by atoms with Gasteiger partial charge in [0.15, 0.2) is 11.6 Å². The van der Waals surface area contributed by atoms with Crippen molar-refractivity contribution in [1.29, 1.82) is 0 Å². The van der Waals surface area contributed by atoms with Gasteiger partial charge in [0.25, 0.3) is 0 Å². The lowest BCUT2D eigenvalue weighted by molar-refractivity contribution is 0.0561. The molecule has 0 aliphatic rings. The molecular weight excluding hydrogens is 549 g/mol. The normalized spacial score (nSPS) is 10.5. The number of urea groups is 1. The summed E-state index contributed by atoms with van der Waals surface area (Å²) in [4.78, 5) is 37.0. The third kappa shape index (κ3) is 6.14. The van der Waals surface area contributed by atoms with Crippen molar-refractivity contribution in [2.75, 3.05) is 38.2 Å². The molecular formula is C24H21F3N2O7S2. The number of hydrogen-bond acceptors (Lipinski definition) is 9. The van der Waals surface area contributed by atoms with Crippen LogP contribution in [0.2, 0.25) is 0 Å². The number of anilines is 2. The number of benzene rings is 2. The second kappa shape index (κ2) is 12.6. The van der Waals surface area contributed by atoms with E-state index in [-0.39, 0.29) is 38.9 Å². The molecule has 0 saturated heterocycles. The molecule has 0 unspecified atom stereocenters. The molecule has 0 radical (unpaired) electrons. The lowest BCUT2D eigenvalue weighted by Crippen LogP contribution is -2.22. The maximum atomic E-state index is 14.8. The average molecular weight is 571 g/mol. The average Bonchev–Trinajstić information content (AvgIpc) is 3.32. The Bertz CT molecular complexity index is 1380. The summed E-state index contributed by atoms with van der Waals surface area (Å²) in [7, 11) is 3.51. The van der Waals surface area contributed by atoms with Gasteiger partial charge in [-0.25, -0.2) is 27.6 Å². The van der Waals surface area contributed by atoms with E-state index in [1.165, 1.54) is 24.6 Å². The van der Waals surface area contributed by atoms with Crippen LogP contribution in [0.15, 0.2) is 34.5 Å². The Labute approximate surface area is 223 Å². The Hall–Kier alpha value is -3.91. The number of thioether (sulfide) groups is 1. The van der Waals surface area contributed by atoms with E-state index < -0.39 is 42.0 Å². The lowest BCUT2D eigenvalue weighted by Gasteiger charge is -2.16. The molecule has 2 N–H and O–H groups in total. The van der Waals surface area contributed by atoms with Gasteiger partial charge in [-0.1, -0.05) is 0 Å². The van der Waals surface area contributed by atoms with Crippen molar-refractivity contribution in [3.63, 3.8) is 0 Å². The first-order chi connectivity index (χ1) is 18.1. The number of esters is 2. The van der Waals surface area contributed by atoms with Crippen LogP contribution >= 0.6 is 23.1 Å². The van der Waals surface area contributed by atoms with Crippen LogP contribution in [0.5, 0.6) is 11.5 Å². The van der Waals surface area contributed by atoms with E-state index in [9.17, 15) is 27.6 Å². The number of amides is 2. The first-order valence-corrected chi connectivity index (χ1v) is 12.6. The number of rotatable bonds is 9. The summed E-state index contributed by atoms with van der Waals surface area (Å²) in [5.74, 6) is -4.65. The van der Waals surface area contributed by atoms with Gasteiger partial charge in [0.05, 0.1) is 43.2 Å². The summed E-state index contributed by atoms with van der Waals surface area (Å²) in [6, 6.07) is 3.46. The van der Waals surface area contributed by atoms with Gasteiger partial charge < -0.3 is 29.6 Å². The predicted octanol–water partition coefficient (Wildman–Crippen LogP) is 5.69. The van der Waals surface area contributed by atoms with Gasteiger partial charge in [-0.15, -0.1) is 23.1 Å². The summed E-state index contributed by atoms with van der Waals surface area (Å²) in [6.45, 7) is -0.453. The number of halogens is 3. The molecule has 0 saturated carbocycles. The first kappa shape index (κ1) is 28.7. The van der Waals surface area contributed by atoms with Crippen LogP contribution in [-0.4, -0.2) is 45.6 Å². The van der Waals surface area contributed by atoms with Crippen LogP contribution in [0, 0.1) is 17.5 Å². The summed E-state index contributed by atoms with van der Waals surface area (Å²) in [6.07, 6.45) is 1.65. The van der Waals surface area contributed by atoms with Crippen LogP contribution in [0.1, 0.15) is 25.6 Å². The lowest BCUT2D eigenvalue weighted by atomic mass is 10.2. The molecule has 9 nitrogen and oxygen atoms in total. The quantitative estimate of drug-likeness (QED) is 0.249. The van der Waals surface area contributed by atoms with Crippen LogP contribution in [0.25, 0.3) is 0 Å². The molecule has 14 heteroatoms. The number of thiophene rings is 1. The molecule has 0 aliphatic carbocycles. The van der Waals surface area contributed by atoms with Crippen molar-refractivity contribution in [3.8, 4) is 11.5 Å². The van der Waals surface area contributed by atoms with Gasteiger partial charge in [-0.2, -0.15) is 0 Å². The largest absolute Gasteiger partial charge is 0.496 e. The second-order valence-corrected chi connectivity index (χ2v) is 8.96. The Morgan fingerprint density at radius 3 is 2.24 bits per heavy atom. The fourth-order valence-corrected chi connectivity index (χ4v) is 4.67. The zero-order valence-corrected chi connectivity index (χ0v) is 22.0. The zero-order chi connectivity index (χ0) is 28.0. The maximum Gasteiger partial charge on any atom is 0.349 e. The Morgan fingerprint density at radius 1 is 0.921 bits per heavy atom. The first-order valence-electron chi connectivity index (χ1n) is 10.5. The van der Waals surface area contributed by atoms with E-state index in [0.29, 0.717) is 4.90 Å². The van der Waals surface area contributed by atoms with E-state index in [1.807, 2.05) is 0 Å². The summed E-state index contributed by atoms with van der Waals surface area (Å²) >= 11 is 1.96. The van der Waals surface area contributed by atoms with Gasteiger partial charge >= 0.3 is 18.0 Å². The van der Waals surface area contributed by atoms with Gasteiger partial charge in [-0.05, 0) is 24.5 Å². The molecule has 3 aromatic rings. The molecule has 1 heterocycles. The van der Waals surface area contributed by atoms with Crippen LogP contribution in [0.4, 0.5) is 29.3 Å². The molecule has 0 spiro atoms. The predicted molar refractivity (Wildman–Crippen MR) is 135 cm³/mol. The van der Waals surface area contributed by atoms with E-state index in [4.69, 9.17) is 9.47 Å². The van der Waals surface area contributed by atoms with Crippen LogP contribution in [0.3, 0.4) is 0 Å². The number of carbonyl (C=O) groups is 3. The smallest absolute Gasteiger partial charge is 0.349 e. The Balaban J connectivity index is 1.85. The van der Waals surface area contributed by atoms with Gasteiger partial charge in [0.1, 0.15) is 34.4 Å². The highest BCUT2D eigenvalue weighted by molar-refractivity contribution is 7.98. The van der Waals surface area contributed by atoms with Crippen molar-refractivity contribution >= 4 is 52.4 Å². The second-order valence-electron chi connectivity index (χ2n) is 7.23. The number of methoxy groups -OCH3 is 3. The Morgan fingerprint density at radius 2 is 1.61 bits per heavy atom. The summed E-state index contributed by atoms with van der Waals surface area (Å²) in [5, 5.41) is 5.98. The highest BCUT2D eigenvalue weighted by Gasteiger charge is 2.26. The van der Waals surface area contributed by atoms with Crippen molar-refractivity contribution in [2.45, 2.75) is 11.5 Å². The molecule has 0 fully saturated rings. The summed E-state index contributed by atoms with van der Waals surface area (Å²) in [5.41, 5.74) is -0.797. The molecule has 2 aromatic carbocycles. The van der Waals surface area contributed by atoms with Crippen molar-refractivity contribution in [2.24, 2.45) is 0 Å². The van der Waals surface area contributed by atoms with Crippen LogP contribution < -0.4 is 20.1 Å². The van der Waals surface area contributed by atoms with Crippen LogP contribution in [-0.2, 0) is 16.1 Å². The fraction of sp³-hybridized carbons (Fsp3) is 0.208. The van der Waals surface area contributed by atoms with Crippen molar-refractivity contribution in [1.82, 2.24) is 0 Å². The minimum Gasteiger partial charge on any atom is -0.496 e. The molecule has 2 amide bonds. The molecule has 1 aromatic heterocycles. The molecule has 0 atom stereocenters. The Kier molecular flexibility index (Phi) is 9.47. The highest BCUT2D eigenvalue weighted by Crippen LogP contribution is 2.35. The maximum absolute atomic E-state index is 14.8. The van der Waals surface area contributed by atoms with Gasteiger partial charge in [0.2, 0.25) is 0 Å². The number of hydrogen-bond donors (Lipinski definition) is 2. The van der Waals surface area contributed by atoms with E-state index in [2.05, 4.69) is 20.1 Å². The molecule has 202 valence electrons. The number of nitrogens with one attached hydrogen (secondary N) is 2. The third-order valence-corrected chi connectivity index (χ3v) is 6.76.